The maximum Gasteiger partial charge on any atom is 0.241 e. The van der Waals surface area contributed by atoms with E-state index in [9.17, 15) is 8.42 Å². The molecular formula is C15H23BrN2O2S. The average Bonchev–Trinajstić information content (AvgIpc) is 2.82. The highest BCUT2D eigenvalue weighted by Gasteiger charge is 2.29. The molecule has 0 aliphatic heterocycles. The largest absolute Gasteiger partial charge is 0.313 e. The van der Waals surface area contributed by atoms with E-state index in [0.29, 0.717) is 21.8 Å². The van der Waals surface area contributed by atoms with E-state index in [0.717, 1.165) is 31.4 Å². The molecule has 1 aromatic rings. The lowest BCUT2D eigenvalue weighted by molar-refractivity contribution is 0.476. The van der Waals surface area contributed by atoms with E-state index in [-0.39, 0.29) is 6.04 Å². The molecule has 1 fully saturated rings. The molecule has 4 nitrogen and oxygen atoms in total. The normalized spacial score (nSPS) is 22.6. The highest BCUT2D eigenvalue weighted by molar-refractivity contribution is 9.10. The van der Waals surface area contributed by atoms with Crippen LogP contribution in [0.5, 0.6) is 0 Å². The monoisotopic (exact) mass is 374 g/mol. The Kier molecular flexibility index (Phi) is 5.82. The molecule has 2 unspecified atom stereocenters. The van der Waals surface area contributed by atoms with Gasteiger partial charge in [-0.15, -0.1) is 0 Å². The molecule has 2 rings (SSSR count). The number of hydrogen-bond acceptors (Lipinski definition) is 3. The molecule has 1 saturated carbocycles. The van der Waals surface area contributed by atoms with Gasteiger partial charge >= 0.3 is 0 Å². The van der Waals surface area contributed by atoms with Gasteiger partial charge in [0.25, 0.3) is 0 Å². The first kappa shape index (κ1) is 16.9. The Morgan fingerprint density at radius 2 is 2.10 bits per heavy atom. The van der Waals surface area contributed by atoms with Crippen molar-refractivity contribution in [2.24, 2.45) is 5.92 Å². The van der Waals surface area contributed by atoms with E-state index < -0.39 is 10.0 Å². The van der Waals surface area contributed by atoms with Crippen molar-refractivity contribution in [2.45, 2.75) is 50.6 Å². The Balaban J connectivity index is 2.22. The molecule has 118 valence electrons. The standard InChI is InChI=1S/C15H23BrN2O2S/c1-3-17-10-12-7-8-13(16)15(9-12)21(19,20)18-14-6-4-5-11(14)2/h7-9,11,14,17-18H,3-6,10H2,1-2H3. The molecule has 2 N–H and O–H groups in total. The molecule has 0 radical (unpaired) electrons. The van der Waals surface area contributed by atoms with E-state index in [1.54, 1.807) is 12.1 Å². The molecule has 2 atom stereocenters. The van der Waals surface area contributed by atoms with Crippen molar-refractivity contribution in [3.05, 3.63) is 28.2 Å². The van der Waals surface area contributed by atoms with Crippen molar-refractivity contribution in [2.75, 3.05) is 6.54 Å². The summed E-state index contributed by atoms with van der Waals surface area (Å²) in [6.07, 6.45) is 3.11. The molecule has 6 heteroatoms. The second-order valence-corrected chi connectivity index (χ2v) is 8.22. The summed E-state index contributed by atoms with van der Waals surface area (Å²) < 4.78 is 28.7. The molecule has 1 aliphatic carbocycles. The highest BCUT2D eigenvalue weighted by Crippen LogP contribution is 2.28. The van der Waals surface area contributed by atoms with Crippen LogP contribution in [-0.2, 0) is 16.6 Å². The summed E-state index contributed by atoms with van der Waals surface area (Å²) in [5.41, 5.74) is 0.972. The first-order valence-corrected chi connectivity index (χ1v) is 9.73. The molecule has 0 heterocycles. The van der Waals surface area contributed by atoms with Gasteiger partial charge in [-0.25, -0.2) is 13.1 Å². The summed E-state index contributed by atoms with van der Waals surface area (Å²) in [7, 11) is -3.48. The average molecular weight is 375 g/mol. The highest BCUT2D eigenvalue weighted by atomic mass is 79.9. The van der Waals surface area contributed by atoms with E-state index in [1.807, 2.05) is 13.0 Å². The minimum atomic E-state index is -3.48. The van der Waals surface area contributed by atoms with Crippen LogP contribution in [0.1, 0.15) is 38.7 Å². The summed E-state index contributed by atoms with van der Waals surface area (Å²) in [4.78, 5) is 0.331. The fourth-order valence-electron chi connectivity index (χ4n) is 2.72. The fraction of sp³-hybridized carbons (Fsp3) is 0.600. The number of rotatable bonds is 6. The third-order valence-corrected chi connectivity index (χ3v) is 6.52. The van der Waals surface area contributed by atoms with Gasteiger partial charge in [0, 0.05) is 17.1 Å². The lowest BCUT2D eigenvalue weighted by Crippen LogP contribution is -2.36. The third kappa shape index (κ3) is 4.28. The van der Waals surface area contributed by atoms with E-state index in [4.69, 9.17) is 0 Å². The summed E-state index contributed by atoms with van der Waals surface area (Å²) in [6, 6.07) is 5.54. The van der Waals surface area contributed by atoms with Gasteiger partial charge in [0.05, 0.1) is 4.90 Å². The van der Waals surface area contributed by atoms with Crippen LogP contribution in [0.15, 0.2) is 27.6 Å². The zero-order valence-electron chi connectivity index (χ0n) is 12.5. The summed E-state index contributed by atoms with van der Waals surface area (Å²) in [5, 5.41) is 3.21. The Bertz CT molecular complexity index is 589. The number of hydrogen-bond donors (Lipinski definition) is 2. The molecule has 0 aromatic heterocycles. The van der Waals surface area contributed by atoms with Crippen molar-refractivity contribution in [1.82, 2.24) is 10.0 Å². The zero-order valence-corrected chi connectivity index (χ0v) is 14.9. The number of halogens is 1. The first-order valence-electron chi connectivity index (χ1n) is 7.45. The van der Waals surface area contributed by atoms with Crippen molar-refractivity contribution in [1.29, 1.82) is 0 Å². The Morgan fingerprint density at radius 3 is 2.71 bits per heavy atom. The maximum absolute atomic E-state index is 12.6. The fourth-order valence-corrected chi connectivity index (χ4v) is 5.11. The third-order valence-electron chi connectivity index (χ3n) is 4.03. The molecule has 0 saturated heterocycles. The molecule has 0 spiro atoms. The number of benzene rings is 1. The van der Waals surface area contributed by atoms with Crippen molar-refractivity contribution < 1.29 is 8.42 Å². The van der Waals surface area contributed by atoms with Crippen LogP contribution < -0.4 is 10.0 Å². The quantitative estimate of drug-likeness (QED) is 0.804. The van der Waals surface area contributed by atoms with Crippen molar-refractivity contribution >= 4 is 26.0 Å². The molecule has 21 heavy (non-hydrogen) atoms. The van der Waals surface area contributed by atoms with Crippen LogP contribution >= 0.6 is 15.9 Å². The van der Waals surface area contributed by atoms with Crippen LogP contribution in [0.2, 0.25) is 0 Å². The minimum Gasteiger partial charge on any atom is -0.313 e. The van der Waals surface area contributed by atoms with Crippen molar-refractivity contribution in [3.63, 3.8) is 0 Å². The first-order chi connectivity index (χ1) is 9.94. The van der Waals surface area contributed by atoms with Crippen LogP contribution in [-0.4, -0.2) is 21.0 Å². The predicted octanol–water partition coefficient (Wildman–Crippen LogP) is 3.03. The summed E-state index contributed by atoms with van der Waals surface area (Å²) >= 11 is 3.36. The second-order valence-electron chi connectivity index (χ2n) is 5.68. The van der Waals surface area contributed by atoms with Crippen LogP contribution in [0.25, 0.3) is 0 Å². The topological polar surface area (TPSA) is 58.2 Å². The molecule has 1 aliphatic rings. The Hall–Kier alpha value is -0.430. The minimum absolute atomic E-state index is 0.0549. The number of sulfonamides is 1. The van der Waals surface area contributed by atoms with Gasteiger partial charge in [0.15, 0.2) is 0 Å². The molecular weight excluding hydrogens is 352 g/mol. The van der Waals surface area contributed by atoms with Crippen LogP contribution in [0.4, 0.5) is 0 Å². The predicted molar refractivity (Wildman–Crippen MR) is 88.6 cm³/mol. The van der Waals surface area contributed by atoms with Gasteiger partial charge in [-0.2, -0.15) is 0 Å². The summed E-state index contributed by atoms with van der Waals surface area (Å²) in [5.74, 6) is 0.406. The van der Waals surface area contributed by atoms with Gasteiger partial charge in [-0.05, 0) is 58.9 Å². The SMILES string of the molecule is CCNCc1ccc(Br)c(S(=O)(=O)NC2CCCC2C)c1. The smallest absolute Gasteiger partial charge is 0.241 e. The van der Waals surface area contributed by atoms with Crippen molar-refractivity contribution in [3.8, 4) is 0 Å². The van der Waals surface area contributed by atoms with E-state index >= 15 is 0 Å². The molecule has 0 bridgehead atoms. The Labute approximate surface area is 135 Å². The lowest BCUT2D eigenvalue weighted by atomic mass is 10.1. The molecule has 0 amide bonds. The molecule has 1 aromatic carbocycles. The zero-order chi connectivity index (χ0) is 15.5. The summed E-state index contributed by atoms with van der Waals surface area (Å²) in [6.45, 7) is 5.67. The van der Waals surface area contributed by atoms with Gasteiger partial charge < -0.3 is 5.32 Å². The number of nitrogens with one attached hydrogen (secondary N) is 2. The van der Waals surface area contributed by atoms with Crippen LogP contribution in [0, 0.1) is 5.92 Å². The Morgan fingerprint density at radius 1 is 1.33 bits per heavy atom. The van der Waals surface area contributed by atoms with Gasteiger partial charge in [0.2, 0.25) is 10.0 Å². The second kappa shape index (κ2) is 7.22. The maximum atomic E-state index is 12.6. The van der Waals surface area contributed by atoms with Crippen LogP contribution in [0.3, 0.4) is 0 Å². The lowest BCUT2D eigenvalue weighted by Gasteiger charge is -2.18. The van der Waals surface area contributed by atoms with E-state index in [2.05, 4.69) is 32.9 Å². The van der Waals surface area contributed by atoms with Gasteiger partial charge in [-0.3, -0.25) is 0 Å². The van der Waals surface area contributed by atoms with Gasteiger partial charge in [0.1, 0.15) is 0 Å². The van der Waals surface area contributed by atoms with Gasteiger partial charge in [-0.1, -0.05) is 26.3 Å². The van der Waals surface area contributed by atoms with E-state index in [1.165, 1.54) is 0 Å².